The van der Waals surface area contributed by atoms with Gasteiger partial charge in [0.25, 0.3) is 0 Å². The van der Waals surface area contributed by atoms with Crippen molar-refractivity contribution in [3.63, 3.8) is 0 Å². The second-order valence-electron chi connectivity index (χ2n) is 4.90. The van der Waals surface area contributed by atoms with Crippen molar-refractivity contribution in [2.75, 3.05) is 14.2 Å². The average Bonchev–Trinajstić information content (AvgIpc) is 2.99. The van der Waals surface area contributed by atoms with Gasteiger partial charge in [-0.3, -0.25) is 4.79 Å². The van der Waals surface area contributed by atoms with E-state index in [1.165, 1.54) is 14.2 Å². The number of aromatic nitrogens is 1. The second-order valence-corrected chi connectivity index (χ2v) is 4.90. The summed E-state index contributed by atoms with van der Waals surface area (Å²) in [5.74, 6) is 4.13. The fraction of sp³-hybridized carbons (Fsp3) is 0.167. The molecule has 0 aliphatic rings. The maximum absolute atomic E-state index is 11.4. The minimum absolute atomic E-state index is 0.220. The van der Waals surface area contributed by atoms with Crippen molar-refractivity contribution in [1.82, 2.24) is 4.57 Å². The van der Waals surface area contributed by atoms with Gasteiger partial charge in [-0.05, 0) is 35.2 Å². The first-order valence-corrected chi connectivity index (χ1v) is 7.14. The van der Waals surface area contributed by atoms with Gasteiger partial charge in [-0.1, -0.05) is 30.3 Å². The first kappa shape index (κ1) is 16.7. The highest BCUT2D eigenvalue weighted by Gasteiger charge is 2.07. The lowest BCUT2D eigenvalue weighted by atomic mass is 10.1. The minimum Gasteiger partial charge on any atom is -0.469 e. The molecule has 3 rings (SSSR count). The first-order valence-electron chi connectivity index (χ1n) is 7.14. The smallest absolute Gasteiger partial charge is 0.309 e. The van der Waals surface area contributed by atoms with Crippen molar-refractivity contribution in [2.45, 2.75) is 6.42 Å². The Hall–Kier alpha value is -2.63. The summed E-state index contributed by atoms with van der Waals surface area (Å²) in [5.41, 5.74) is 3.16. The monoisotopic (exact) mass is 312 g/mol. The maximum atomic E-state index is 11.4. The van der Waals surface area contributed by atoms with E-state index in [0.29, 0.717) is 6.42 Å². The zero-order valence-corrected chi connectivity index (χ0v) is 13.2. The Balaban J connectivity index is 0.000000595. The number of nitrogens with two attached hydrogens (primary N) is 1. The van der Waals surface area contributed by atoms with Crippen molar-refractivity contribution in [3.8, 4) is 5.69 Å². The molecule has 0 radical (unpaired) electrons. The lowest BCUT2D eigenvalue weighted by Crippen LogP contribution is -2.04. The highest BCUT2D eigenvalue weighted by molar-refractivity contribution is 5.84. The van der Waals surface area contributed by atoms with Gasteiger partial charge < -0.3 is 14.1 Å². The van der Waals surface area contributed by atoms with Crippen LogP contribution in [0.4, 0.5) is 0 Å². The largest absolute Gasteiger partial charge is 0.469 e. The van der Waals surface area contributed by atoms with Gasteiger partial charge >= 0.3 is 5.97 Å². The molecule has 0 saturated heterocycles. The molecule has 0 fully saturated rings. The molecular weight excluding hydrogens is 292 g/mol. The number of benzene rings is 2. The third-order valence-electron chi connectivity index (χ3n) is 3.37. The van der Waals surface area contributed by atoms with E-state index in [0.717, 1.165) is 22.2 Å². The van der Waals surface area contributed by atoms with Crippen LogP contribution in [0.3, 0.4) is 0 Å². The molecular formula is C18H20N2O3. The summed E-state index contributed by atoms with van der Waals surface area (Å²) in [7, 11) is 2.81. The van der Waals surface area contributed by atoms with Gasteiger partial charge in [-0.15, -0.1) is 0 Å². The topological polar surface area (TPSA) is 66.5 Å². The Morgan fingerprint density at radius 1 is 1.09 bits per heavy atom. The Labute approximate surface area is 135 Å². The van der Waals surface area contributed by atoms with Gasteiger partial charge in [-0.2, -0.15) is 0 Å². The number of para-hydroxylation sites is 1. The van der Waals surface area contributed by atoms with E-state index in [1.54, 1.807) is 0 Å². The molecule has 1 aromatic heterocycles. The lowest BCUT2D eigenvalue weighted by Gasteiger charge is -2.06. The molecule has 0 aliphatic heterocycles. The van der Waals surface area contributed by atoms with E-state index in [4.69, 9.17) is 4.74 Å². The standard InChI is InChI=1S/C17H15NO2.CH5NO/c1-20-17(19)12-13-7-8-14-9-10-18(16(14)11-13)15-5-3-2-4-6-15;1-3-2/h2-11H,12H2,1H3;2H2,1H3. The molecule has 1 heterocycles. The van der Waals surface area contributed by atoms with Crippen LogP contribution in [-0.2, 0) is 20.8 Å². The molecule has 0 atom stereocenters. The Bertz CT molecular complexity index is 766. The van der Waals surface area contributed by atoms with E-state index >= 15 is 0 Å². The van der Waals surface area contributed by atoms with Gasteiger partial charge in [0.05, 0.1) is 26.2 Å². The van der Waals surface area contributed by atoms with Gasteiger partial charge in [-0.25, -0.2) is 5.90 Å². The highest BCUT2D eigenvalue weighted by Crippen LogP contribution is 2.22. The molecule has 2 aromatic carbocycles. The van der Waals surface area contributed by atoms with Crippen LogP contribution in [-0.4, -0.2) is 24.8 Å². The summed E-state index contributed by atoms with van der Waals surface area (Å²) >= 11 is 0. The quantitative estimate of drug-likeness (QED) is 0.596. The molecule has 2 N–H and O–H groups in total. The van der Waals surface area contributed by atoms with E-state index in [1.807, 2.05) is 42.6 Å². The molecule has 5 nitrogen and oxygen atoms in total. The fourth-order valence-electron chi connectivity index (χ4n) is 2.34. The molecule has 0 saturated carbocycles. The number of rotatable bonds is 3. The number of nitrogens with zero attached hydrogens (tertiary/aromatic N) is 1. The van der Waals surface area contributed by atoms with E-state index in [9.17, 15) is 4.79 Å². The number of methoxy groups -OCH3 is 1. The minimum atomic E-state index is -0.220. The Kier molecular flexibility index (Phi) is 5.91. The van der Waals surface area contributed by atoms with Crippen LogP contribution in [0, 0.1) is 0 Å². The predicted octanol–water partition coefficient (Wildman–Crippen LogP) is 2.85. The summed E-state index contributed by atoms with van der Waals surface area (Å²) < 4.78 is 6.84. The zero-order chi connectivity index (χ0) is 16.7. The number of esters is 1. The van der Waals surface area contributed by atoms with Gasteiger partial charge in [0, 0.05) is 11.9 Å². The number of hydrogen-bond acceptors (Lipinski definition) is 4. The van der Waals surface area contributed by atoms with Crippen LogP contribution in [0.15, 0.2) is 60.8 Å². The molecule has 0 unspecified atom stereocenters. The summed E-state index contributed by atoms with van der Waals surface area (Å²) in [4.78, 5) is 15.1. The highest BCUT2D eigenvalue weighted by atomic mass is 16.6. The van der Waals surface area contributed by atoms with Crippen LogP contribution in [0.2, 0.25) is 0 Å². The SMILES string of the molecule is COC(=O)Cc1ccc2ccn(-c3ccccc3)c2c1.CON. The Morgan fingerprint density at radius 2 is 1.78 bits per heavy atom. The van der Waals surface area contributed by atoms with Crippen molar-refractivity contribution in [2.24, 2.45) is 5.90 Å². The lowest BCUT2D eigenvalue weighted by molar-refractivity contribution is -0.139. The van der Waals surface area contributed by atoms with Gasteiger partial charge in [0.15, 0.2) is 0 Å². The average molecular weight is 312 g/mol. The Morgan fingerprint density at radius 3 is 2.43 bits per heavy atom. The maximum Gasteiger partial charge on any atom is 0.309 e. The molecule has 120 valence electrons. The van der Waals surface area contributed by atoms with Crippen molar-refractivity contribution < 1.29 is 14.4 Å². The predicted molar refractivity (Wildman–Crippen MR) is 90.2 cm³/mol. The van der Waals surface area contributed by atoms with Crippen molar-refractivity contribution in [1.29, 1.82) is 0 Å². The summed E-state index contributed by atoms with van der Waals surface area (Å²) in [6, 6.07) is 18.3. The molecule has 23 heavy (non-hydrogen) atoms. The third-order valence-corrected chi connectivity index (χ3v) is 3.37. The summed E-state index contributed by atoms with van der Waals surface area (Å²) in [6.45, 7) is 0. The van der Waals surface area contributed by atoms with Gasteiger partial charge in [0.2, 0.25) is 0 Å². The van der Waals surface area contributed by atoms with Crippen LogP contribution in [0.25, 0.3) is 16.6 Å². The fourth-order valence-corrected chi connectivity index (χ4v) is 2.34. The third kappa shape index (κ3) is 4.18. The second kappa shape index (κ2) is 8.12. The molecule has 0 bridgehead atoms. The molecule has 0 aliphatic carbocycles. The van der Waals surface area contributed by atoms with Crippen LogP contribution < -0.4 is 5.90 Å². The number of ether oxygens (including phenoxy) is 1. The molecule has 0 amide bonds. The summed E-state index contributed by atoms with van der Waals surface area (Å²) in [6.07, 6.45) is 2.34. The van der Waals surface area contributed by atoms with E-state index in [2.05, 4.69) is 33.5 Å². The van der Waals surface area contributed by atoms with Crippen LogP contribution >= 0.6 is 0 Å². The number of hydrogen-bond donors (Lipinski definition) is 1. The van der Waals surface area contributed by atoms with Crippen molar-refractivity contribution in [3.05, 3.63) is 66.4 Å². The zero-order valence-electron chi connectivity index (χ0n) is 13.2. The number of carbonyl (C=O) groups is 1. The summed E-state index contributed by atoms with van der Waals surface area (Å²) in [5, 5.41) is 1.16. The molecule has 3 aromatic rings. The van der Waals surface area contributed by atoms with Crippen LogP contribution in [0.1, 0.15) is 5.56 Å². The number of carbonyl (C=O) groups excluding carboxylic acids is 1. The molecule has 5 heteroatoms. The number of fused-ring (bicyclic) bond motifs is 1. The van der Waals surface area contributed by atoms with E-state index in [-0.39, 0.29) is 5.97 Å². The molecule has 0 spiro atoms. The van der Waals surface area contributed by atoms with Crippen LogP contribution in [0.5, 0.6) is 0 Å². The van der Waals surface area contributed by atoms with E-state index < -0.39 is 0 Å². The normalized spacial score (nSPS) is 10.0. The van der Waals surface area contributed by atoms with Gasteiger partial charge in [0.1, 0.15) is 0 Å². The van der Waals surface area contributed by atoms with Crippen molar-refractivity contribution >= 4 is 16.9 Å². The first-order chi connectivity index (χ1) is 11.2.